The lowest BCUT2D eigenvalue weighted by Crippen LogP contribution is -2.36. The van der Waals surface area contributed by atoms with Gasteiger partial charge in [-0.1, -0.05) is 55.0 Å². The van der Waals surface area contributed by atoms with E-state index in [1.807, 2.05) is 37.3 Å². The van der Waals surface area contributed by atoms with E-state index < -0.39 is 5.60 Å². The Balaban J connectivity index is 2.27. The summed E-state index contributed by atoms with van der Waals surface area (Å²) >= 11 is 0. The number of hydrogen-bond acceptors (Lipinski definition) is 1. The highest BCUT2D eigenvalue weighted by Gasteiger charge is 2.36. The minimum atomic E-state index is -0.905. The van der Waals surface area contributed by atoms with Gasteiger partial charge in [-0.2, -0.15) is 0 Å². The third-order valence-electron chi connectivity index (χ3n) is 3.92. The molecule has 1 fully saturated rings. The van der Waals surface area contributed by atoms with Gasteiger partial charge in [0.1, 0.15) is 5.60 Å². The summed E-state index contributed by atoms with van der Waals surface area (Å²) in [7, 11) is 0. The molecule has 1 saturated carbocycles. The molecule has 0 bridgehead atoms. The fraction of sp³-hybridized carbons (Fsp3) is 0.444. The van der Waals surface area contributed by atoms with E-state index in [1.54, 1.807) is 0 Å². The molecule has 1 nitrogen and oxygen atoms in total. The average molecular weight is 254 g/mol. The maximum atomic E-state index is 10.9. The third kappa shape index (κ3) is 3.49. The molecule has 1 aromatic carbocycles. The van der Waals surface area contributed by atoms with Crippen LogP contribution < -0.4 is 0 Å². The van der Waals surface area contributed by atoms with E-state index in [2.05, 4.69) is 18.4 Å². The Morgan fingerprint density at radius 1 is 1.26 bits per heavy atom. The zero-order chi connectivity index (χ0) is 13.7. The predicted molar refractivity (Wildman–Crippen MR) is 79.7 cm³/mol. The van der Waals surface area contributed by atoms with Gasteiger partial charge in [0.15, 0.2) is 0 Å². The molecule has 0 aliphatic heterocycles. The maximum Gasteiger partial charge on any atom is 0.132 e. The van der Waals surface area contributed by atoms with E-state index >= 15 is 0 Å². The van der Waals surface area contributed by atoms with Crippen molar-refractivity contribution in [3.8, 4) is 11.8 Å². The Kier molecular flexibility index (Phi) is 4.45. The molecule has 0 heterocycles. The maximum absolute atomic E-state index is 10.9. The molecule has 1 N–H and O–H groups in total. The van der Waals surface area contributed by atoms with Gasteiger partial charge in [-0.05, 0) is 38.3 Å². The van der Waals surface area contributed by atoms with Crippen LogP contribution in [0, 0.1) is 17.8 Å². The van der Waals surface area contributed by atoms with E-state index in [9.17, 15) is 5.11 Å². The van der Waals surface area contributed by atoms with Crippen molar-refractivity contribution in [3.63, 3.8) is 0 Å². The Morgan fingerprint density at radius 2 is 2.00 bits per heavy atom. The number of rotatable bonds is 1. The SMILES string of the molecule is C=C(C)C1CCCCCC1(O)C#Cc1ccccc1. The van der Waals surface area contributed by atoms with Crippen molar-refractivity contribution in [2.45, 2.75) is 44.6 Å². The minimum Gasteiger partial charge on any atom is -0.377 e. The third-order valence-corrected chi connectivity index (χ3v) is 3.92. The molecule has 0 radical (unpaired) electrons. The first-order valence-electron chi connectivity index (χ1n) is 7.08. The number of aliphatic hydroxyl groups is 1. The molecule has 0 aromatic heterocycles. The lowest BCUT2D eigenvalue weighted by molar-refractivity contribution is 0.0468. The van der Waals surface area contributed by atoms with Gasteiger partial charge in [0.2, 0.25) is 0 Å². The first-order valence-corrected chi connectivity index (χ1v) is 7.08. The van der Waals surface area contributed by atoms with Gasteiger partial charge >= 0.3 is 0 Å². The van der Waals surface area contributed by atoms with Crippen molar-refractivity contribution in [1.29, 1.82) is 0 Å². The molecule has 2 unspecified atom stereocenters. The second kappa shape index (κ2) is 6.08. The van der Waals surface area contributed by atoms with Crippen LogP contribution in [-0.4, -0.2) is 10.7 Å². The van der Waals surface area contributed by atoms with E-state index in [-0.39, 0.29) is 5.92 Å². The van der Waals surface area contributed by atoms with E-state index in [4.69, 9.17) is 0 Å². The topological polar surface area (TPSA) is 20.2 Å². The average Bonchev–Trinajstić information content (AvgIpc) is 2.60. The monoisotopic (exact) mass is 254 g/mol. The molecule has 0 spiro atoms. The summed E-state index contributed by atoms with van der Waals surface area (Å²) in [5, 5.41) is 10.9. The first kappa shape index (κ1) is 13.9. The van der Waals surface area contributed by atoms with Gasteiger partial charge in [-0.15, -0.1) is 0 Å². The van der Waals surface area contributed by atoms with Gasteiger partial charge in [-0.3, -0.25) is 0 Å². The van der Waals surface area contributed by atoms with Gasteiger partial charge in [0.25, 0.3) is 0 Å². The summed E-state index contributed by atoms with van der Waals surface area (Å²) < 4.78 is 0. The van der Waals surface area contributed by atoms with Crippen molar-refractivity contribution in [2.75, 3.05) is 0 Å². The predicted octanol–water partition coefficient (Wildman–Crippen LogP) is 3.93. The van der Waals surface area contributed by atoms with Crippen LogP contribution in [0.25, 0.3) is 0 Å². The lowest BCUT2D eigenvalue weighted by atomic mass is 9.79. The molecule has 1 heteroatoms. The van der Waals surface area contributed by atoms with Crippen molar-refractivity contribution in [2.24, 2.45) is 5.92 Å². The Labute approximate surface area is 116 Å². The van der Waals surface area contributed by atoms with Crippen LogP contribution in [0.5, 0.6) is 0 Å². The highest BCUT2D eigenvalue weighted by molar-refractivity contribution is 5.37. The van der Waals surface area contributed by atoms with E-state index in [0.717, 1.165) is 36.8 Å². The summed E-state index contributed by atoms with van der Waals surface area (Å²) in [6.07, 6.45) is 5.13. The highest BCUT2D eigenvalue weighted by Crippen LogP contribution is 2.36. The molecule has 0 saturated heterocycles. The first-order chi connectivity index (χ1) is 9.12. The van der Waals surface area contributed by atoms with Crippen LogP contribution in [0.3, 0.4) is 0 Å². The smallest absolute Gasteiger partial charge is 0.132 e. The van der Waals surface area contributed by atoms with Crippen molar-refractivity contribution in [3.05, 3.63) is 48.0 Å². The molecule has 2 atom stereocenters. The molecular weight excluding hydrogens is 232 g/mol. The van der Waals surface area contributed by atoms with Crippen LogP contribution in [-0.2, 0) is 0 Å². The quantitative estimate of drug-likeness (QED) is 0.457. The summed E-state index contributed by atoms with van der Waals surface area (Å²) in [6.45, 7) is 6.05. The Bertz CT molecular complexity index is 491. The molecule has 2 rings (SSSR count). The van der Waals surface area contributed by atoms with E-state index in [0.29, 0.717) is 0 Å². The van der Waals surface area contributed by atoms with Crippen molar-refractivity contribution in [1.82, 2.24) is 0 Å². The summed E-state index contributed by atoms with van der Waals surface area (Å²) in [4.78, 5) is 0. The lowest BCUT2D eigenvalue weighted by Gasteiger charge is -2.30. The standard InChI is InChI=1S/C18H22O/c1-15(2)17-11-7-4-8-13-18(17,19)14-12-16-9-5-3-6-10-16/h3,5-6,9-10,17,19H,1,4,7-8,11,13H2,2H3. The molecule has 100 valence electrons. The zero-order valence-corrected chi connectivity index (χ0v) is 11.7. The highest BCUT2D eigenvalue weighted by atomic mass is 16.3. The van der Waals surface area contributed by atoms with Crippen LogP contribution in [0.4, 0.5) is 0 Å². The summed E-state index contributed by atoms with van der Waals surface area (Å²) in [5.41, 5.74) is 1.10. The Hall–Kier alpha value is -1.52. The van der Waals surface area contributed by atoms with Crippen LogP contribution in [0.1, 0.15) is 44.6 Å². The fourth-order valence-corrected chi connectivity index (χ4v) is 2.84. The normalized spacial score (nSPS) is 26.9. The Morgan fingerprint density at radius 3 is 2.68 bits per heavy atom. The number of hydrogen-bond donors (Lipinski definition) is 1. The molecular formula is C18H22O. The van der Waals surface area contributed by atoms with Crippen molar-refractivity contribution >= 4 is 0 Å². The van der Waals surface area contributed by atoms with Crippen LogP contribution in [0.2, 0.25) is 0 Å². The van der Waals surface area contributed by atoms with Gasteiger partial charge in [0.05, 0.1) is 0 Å². The van der Waals surface area contributed by atoms with Crippen molar-refractivity contribution < 1.29 is 5.11 Å². The molecule has 19 heavy (non-hydrogen) atoms. The second-order valence-electron chi connectivity index (χ2n) is 5.54. The minimum absolute atomic E-state index is 0.103. The fourth-order valence-electron chi connectivity index (χ4n) is 2.84. The van der Waals surface area contributed by atoms with E-state index in [1.165, 1.54) is 6.42 Å². The van der Waals surface area contributed by atoms with Crippen LogP contribution in [0.15, 0.2) is 42.5 Å². The summed E-state index contributed by atoms with van der Waals surface area (Å²) in [6, 6.07) is 9.86. The molecule has 1 aliphatic rings. The van der Waals surface area contributed by atoms with Gasteiger partial charge < -0.3 is 5.11 Å². The van der Waals surface area contributed by atoms with Gasteiger partial charge in [-0.25, -0.2) is 0 Å². The molecule has 0 amide bonds. The molecule has 1 aliphatic carbocycles. The second-order valence-corrected chi connectivity index (χ2v) is 5.54. The summed E-state index contributed by atoms with van der Waals surface area (Å²) in [5.74, 6) is 6.36. The van der Waals surface area contributed by atoms with Gasteiger partial charge in [0, 0.05) is 11.5 Å². The number of benzene rings is 1. The zero-order valence-electron chi connectivity index (χ0n) is 11.7. The largest absolute Gasteiger partial charge is 0.377 e. The molecule has 1 aromatic rings. The van der Waals surface area contributed by atoms with Crippen LogP contribution >= 0.6 is 0 Å².